The second kappa shape index (κ2) is 5.72. The van der Waals surface area contributed by atoms with E-state index in [9.17, 15) is 9.59 Å². The zero-order valence-electron chi connectivity index (χ0n) is 14.1. The summed E-state index contributed by atoms with van der Waals surface area (Å²) < 4.78 is 36.3. The summed E-state index contributed by atoms with van der Waals surface area (Å²) in [5.41, 5.74) is -2.03. The van der Waals surface area contributed by atoms with Crippen LogP contribution in [-0.4, -0.2) is 38.4 Å². The second-order valence-electron chi connectivity index (χ2n) is 6.03. The Morgan fingerprint density at radius 3 is 2.62 bits per heavy atom. The van der Waals surface area contributed by atoms with Crippen LogP contribution in [0.2, 0.25) is 0 Å². The fourth-order valence-electron chi connectivity index (χ4n) is 3.52. The van der Waals surface area contributed by atoms with Crippen LogP contribution in [-0.2, 0) is 9.53 Å². The molecule has 0 unspecified atom stereocenters. The predicted octanol–water partition coefficient (Wildman–Crippen LogP) is 2.63. The number of benzene rings is 2. The largest absolute Gasteiger partial charge is 0.497 e. The summed E-state index contributed by atoms with van der Waals surface area (Å²) in [7, 11) is 2.53. The van der Waals surface area contributed by atoms with Gasteiger partial charge in [-0.15, -0.1) is 0 Å². The highest BCUT2D eigenvalue weighted by Crippen LogP contribution is 2.51. The molecule has 1 heterocycles. The van der Waals surface area contributed by atoms with Gasteiger partial charge in [0.25, 0.3) is 5.67 Å². The molecular formula is C19H15FO6. The molecule has 2 aliphatic rings. The highest BCUT2D eigenvalue weighted by Gasteiger charge is 2.61. The first kappa shape index (κ1) is 16.4. The first-order valence-corrected chi connectivity index (χ1v) is 7.90. The molecule has 0 saturated carbocycles. The fraction of sp³-hybridized carbons (Fsp3) is 0.263. The lowest BCUT2D eigenvalue weighted by atomic mass is 9.83. The molecule has 26 heavy (non-hydrogen) atoms. The Kier molecular flexibility index (Phi) is 3.61. The van der Waals surface area contributed by atoms with E-state index < -0.39 is 23.3 Å². The monoisotopic (exact) mass is 358 g/mol. The summed E-state index contributed by atoms with van der Waals surface area (Å²) in [6.45, 7) is 0.0218. The average Bonchev–Trinajstić information content (AvgIpc) is 3.21. The van der Waals surface area contributed by atoms with Crippen molar-refractivity contribution >= 4 is 11.8 Å². The molecule has 2 aromatic rings. The van der Waals surface area contributed by atoms with E-state index in [1.807, 2.05) is 0 Å². The van der Waals surface area contributed by atoms with Crippen LogP contribution in [0, 0.1) is 0 Å². The van der Waals surface area contributed by atoms with E-state index in [1.165, 1.54) is 13.2 Å². The van der Waals surface area contributed by atoms with Crippen LogP contribution in [0.1, 0.15) is 27.4 Å². The third-order valence-corrected chi connectivity index (χ3v) is 4.74. The van der Waals surface area contributed by atoms with E-state index in [0.717, 1.165) is 7.11 Å². The van der Waals surface area contributed by atoms with Crippen molar-refractivity contribution in [3.63, 3.8) is 0 Å². The Hall–Kier alpha value is -3.09. The lowest BCUT2D eigenvalue weighted by molar-refractivity contribution is -0.151. The van der Waals surface area contributed by atoms with Gasteiger partial charge in [-0.05, 0) is 35.4 Å². The average molecular weight is 358 g/mol. The second-order valence-corrected chi connectivity index (χ2v) is 6.03. The maximum Gasteiger partial charge on any atom is 0.352 e. The summed E-state index contributed by atoms with van der Waals surface area (Å²) in [6.07, 6.45) is 0. The number of rotatable bonds is 3. The number of Topliss-reactive ketones (excluding diaryl/α,β-unsaturated/α-hetero) is 1. The molecule has 0 amide bonds. The van der Waals surface area contributed by atoms with Crippen molar-refractivity contribution in [2.75, 3.05) is 21.0 Å². The number of alkyl halides is 1. The third kappa shape index (κ3) is 2.09. The summed E-state index contributed by atoms with van der Waals surface area (Å²) >= 11 is 0. The predicted molar refractivity (Wildman–Crippen MR) is 87.6 cm³/mol. The standard InChI is InChI=1S/C19H15FO6/c1-23-11-5-3-4-10(6-11)16-12-7-14-15(26-9-25-14)8-13(12)17(21)19(16,20)18(22)24-2/h3-8,16H,9H2,1-2H3/t16-,19-/m0/s1. The molecule has 6 nitrogen and oxygen atoms in total. The zero-order valence-corrected chi connectivity index (χ0v) is 14.1. The number of hydrogen-bond donors (Lipinski definition) is 0. The molecule has 7 heteroatoms. The number of fused-ring (bicyclic) bond motifs is 2. The lowest BCUT2D eigenvalue weighted by Gasteiger charge is -2.24. The van der Waals surface area contributed by atoms with Crippen LogP contribution in [0.4, 0.5) is 4.39 Å². The van der Waals surface area contributed by atoms with Gasteiger partial charge in [0.15, 0.2) is 11.5 Å². The summed E-state index contributed by atoms with van der Waals surface area (Å²) in [5, 5.41) is 0. The molecule has 0 fully saturated rings. The van der Waals surface area contributed by atoms with Crippen LogP contribution in [0.15, 0.2) is 36.4 Å². The first-order chi connectivity index (χ1) is 12.5. The first-order valence-electron chi connectivity index (χ1n) is 7.90. The van der Waals surface area contributed by atoms with Crippen molar-refractivity contribution in [3.8, 4) is 17.2 Å². The molecule has 0 bridgehead atoms. The van der Waals surface area contributed by atoms with Crippen LogP contribution in [0.3, 0.4) is 0 Å². The van der Waals surface area contributed by atoms with Crippen LogP contribution in [0.5, 0.6) is 17.2 Å². The highest BCUT2D eigenvalue weighted by molar-refractivity contribution is 6.20. The molecule has 134 valence electrons. The quantitative estimate of drug-likeness (QED) is 0.621. The molecule has 0 N–H and O–H groups in total. The number of methoxy groups -OCH3 is 2. The maximum atomic E-state index is 15.9. The fourth-order valence-corrected chi connectivity index (χ4v) is 3.52. The number of hydrogen-bond acceptors (Lipinski definition) is 6. The van der Waals surface area contributed by atoms with E-state index >= 15 is 4.39 Å². The Morgan fingerprint density at radius 2 is 1.92 bits per heavy atom. The lowest BCUT2D eigenvalue weighted by Crippen LogP contribution is -2.44. The Morgan fingerprint density at radius 1 is 1.19 bits per heavy atom. The smallest absolute Gasteiger partial charge is 0.352 e. The normalized spacial score (nSPS) is 22.9. The molecule has 1 aliphatic heterocycles. The molecule has 2 atom stereocenters. The number of esters is 1. The highest BCUT2D eigenvalue weighted by atomic mass is 19.1. The number of carbonyl (C=O) groups is 2. The van der Waals surface area contributed by atoms with Gasteiger partial charge in [-0.1, -0.05) is 12.1 Å². The van der Waals surface area contributed by atoms with Crippen molar-refractivity contribution in [2.24, 2.45) is 0 Å². The van der Waals surface area contributed by atoms with Gasteiger partial charge in [0.2, 0.25) is 12.6 Å². The third-order valence-electron chi connectivity index (χ3n) is 4.74. The van der Waals surface area contributed by atoms with Crippen molar-refractivity contribution in [1.82, 2.24) is 0 Å². The van der Waals surface area contributed by atoms with Crippen LogP contribution < -0.4 is 14.2 Å². The van der Waals surface area contributed by atoms with E-state index in [-0.39, 0.29) is 12.4 Å². The molecule has 0 aromatic heterocycles. The van der Waals surface area contributed by atoms with Gasteiger partial charge in [-0.3, -0.25) is 4.79 Å². The minimum atomic E-state index is -2.88. The number of ether oxygens (including phenoxy) is 4. The van der Waals surface area contributed by atoms with Gasteiger partial charge in [0.1, 0.15) is 5.75 Å². The number of carbonyl (C=O) groups excluding carboxylic acids is 2. The maximum absolute atomic E-state index is 15.9. The number of ketones is 1. The minimum Gasteiger partial charge on any atom is -0.497 e. The van der Waals surface area contributed by atoms with E-state index in [2.05, 4.69) is 4.74 Å². The van der Waals surface area contributed by atoms with Crippen molar-refractivity contribution < 1.29 is 32.9 Å². The Balaban J connectivity index is 1.96. The van der Waals surface area contributed by atoms with E-state index in [4.69, 9.17) is 14.2 Å². The van der Waals surface area contributed by atoms with E-state index in [0.29, 0.717) is 28.4 Å². The summed E-state index contributed by atoms with van der Waals surface area (Å²) in [5.74, 6) is -2.15. The van der Waals surface area contributed by atoms with E-state index in [1.54, 1.807) is 30.3 Å². The summed E-state index contributed by atoms with van der Waals surface area (Å²) in [4.78, 5) is 25.1. The molecule has 0 spiro atoms. The van der Waals surface area contributed by atoms with Gasteiger partial charge >= 0.3 is 5.97 Å². The van der Waals surface area contributed by atoms with Gasteiger partial charge in [-0.2, -0.15) is 0 Å². The zero-order chi connectivity index (χ0) is 18.5. The SMILES string of the molecule is COC(=O)[C@@]1(F)C(=O)c2cc3c(cc2[C@@H]1c1cccc(OC)c1)OCO3. The van der Waals surface area contributed by atoms with Crippen LogP contribution >= 0.6 is 0 Å². The van der Waals surface area contributed by atoms with Gasteiger partial charge in [0, 0.05) is 5.56 Å². The minimum absolute atomic E-state index is 0.0218. The van der Waals surface area contributed by atoms with Crippen molar-refractivity contribution in [3.05, 3.63) is 53.1 Å². The molecule has 2 aromatic carbocycles. The molecule has 4 rings (SSSR count). The Labute approximate surface area is 148 Å². The topological polar surface area (TPSA) is 71.1 Å². The van der Waals surface area contributed by atoms with Crippen molar-refractivity contribution in [1.29, 1.82) is 0 Å². The van der Waals surface area contributed by atoms with Gasteiger partial charge < -0.3 is 18.9 Å². The molecule has 0 saturated heterocycles. The molecular weight excluding hydrogens is 343 g/mol. The van der Waals surface area contributed by atoms with Gasteiger partial charge in [0.05, 0.1) is 20.1 Å². The molecule has 0 radical (unpaired) electrons. The van der Waals surface area contributed by atoms with Crippen molar-refractivity contribution in [2.45, 2.75) is 11.6 Å². The number of halogens is 1. The summed E-state index contributed by atoms with van der Waals surface area (Å²) in [6, 6.07) is 9.55. The Bertz CT molecular complexity index is 924. The molecule has 1 aliphatic carbocycles. The van der Waals surface area contributed by atoms with Crippen LogP contribution in [0.25, 0.3) is 0 Å². The van der Waals surface area contributed by atoms with Gasteiger partial charge in [-0.25, -0.2) is 9.18 Å².